The van der Waals surface area contributed by atoms with Crippen molar-refractivity contribution in [1.82, 2.24) is 15.1 Å². The van der Waals surface area contributed by atoms with E-state index in [1.807, 2.05) is 18.2 Å². The molecule has 23 heavy (non-hydrogen) atoms. The second-order valence-corrected chi connectivity index (χ2v) is 5.30. The van der Waals surface area contributed by atoms with E-state index in [0.29, 0.717) is 11.4 Å². The number of aromatic nitrogens is 2. The quantitative estimate of drug-likeness (QED) is 0.916. The van der Waals surface area contributed by atoms with Gasteiger partial charge in [-0.2, -0.15) is 5.10 Å². The zero-order chi connectivity index (χ0) is 16.4. The topological polar surface area (TPSA) is 76.5 Å². The summed E-state index contributed by atoms with van der Waals surface area (Å²) in [7, 11) is 1.55. The van der Waals surface area contributed by atoms with E-state index in [1.165, 1.54) is 0 Å². The zero-order valence-electron chi connectivity index (χ0n) is 13.0. The molecule has 2 aromatic rings. The number of rotatable bonds is 3. The van der Waals surface area contributed by atoms with Crippen LogP contribution in [0.1, 0.15) is 13.0 Å². The van der Waals surface area contributed by atoms with Crippen molar-refractivity contribution in [3.8, 4) is 5.75 Å². The average molecular weight is 314 g/mol. The number of hydrogen-bond donors (Lipinski definition) is 1. The highest BCUT2D eigenvalue weighted by atomic mass is 16.5. The Balaban J connectivity index is 1.93. The normalized spacial score (nSPS) is 17.8. The second-order valence-electron chi connectivity index (χ2n) is 5.30. The number of carbonyl (C=O) groups is 2. The minimum Gasteiger partial charge on any atom is -0.477 e. The first kappa shape index (κ1) is 15.1. The third-order valence-electron chi connectivity index (χ3n) is 3.86. The van der Waals surface area contributed by atoms with Gasteiger partial charge in [0.15, 0.2) is 6.10 Å². The van der Waals surface area contributed by atoms with Crippen LogP contribution in [0.25, 0.3) is 0 Å². The van der Waals surface area contributed by atoms with Crippen molar-refractivity contribution in [2.45, 2.75) is 19.1 Å². The molecule has 0 saturated carbocycles. The van der Waals surface area contributed by atoms with Crippen LogP contribution in [-0.4, -0.2) is 41.3 Å². The molecule has 120 valence electrons. The van der Waals surface area contributed by atoms with Crippen LogP contribution in [0.3, 0.4) is 0 Å². The number of likely N-dealkylation sites (N-methyl/N-ethyl adjacent to an activating group) is 1. The van der Waals surface area contributed by atoms with Gasteiger partial charge < -0.3 is 15.0 Å². The van der Waals surface area contributed by atoms with Crippen LogP contribution < -0.4 is 15.0 Å². The molecule has 1 aromatic heterocycles. The van der Waals surface area contributed by atoms with Crippen molar-refractivity contribution >= 4 is 17.5 Å². The van der Waals surface area contributed by atoms with Crippen molar-refractivity contribution in [3.63, 3.8) is 0 Å². The van der Waals surface area contributed by atoms with Crippen LogP contribution in [0.15, 0.2) is 42.7 Å². The summed E-state index contributed by atoms with van der Waals surface area (Å²) in [5, 5.41) is 6.68. The smallest absolute Gasteiger partial charge is 0.262 e. The van der Waals surface area contributed by atoms with Gasteiger partial charge in [-0.15, -0.1) is 0 Å². The Hall–Kier alpha value is -2.83. The summed E-state index contributed by atoms with van der Waals surface area (Å²) in [6.07, 6.45) is 2.64. The van der Waals surface area contributed by atoms with E-state index in [0.717, 1.165) is 0 Å². The summed E-state index contributed by atoms with van der Waals surface area (Å²) in [6, 6.07) is 8.50. The lowest BCUT2D eigenvalue weighted by atomic mass is 10.1. The number of anilines is 1. The van der Waals surface area contributed by atoms with Crippen LogP contribution in [-0.2, 0) is 9.59 Å². The van der Waals surface area contributed by atoms with E-state index in [1.54, 1.807) is 48.1 Å². The van der Waals surface area contributed by atoms with Gasteiger partial charge in [-0.05, 0) is 25.1 Å². The molecule has 3 rings (SSSR count). The van der Waals surface area contributed by atoms with Crippen molar-refractivity contribution in [1.29, 1.82) is 0 Å². The summed E-state index contributed by atoms with van der Waals surface area (Å²) >= 11 is 0. The maximum absolute atomic E-state index is 12.9. The van der Waals surface area contributed by atoms with Gasteiger partial charge in [0.1, 0.15) is 11.8 Å². The van der Waals surface area contributed by atoms with Crippen molar-refractivity contribution in [2.24, 2.45) is 0 Å². The first-order chi connectivity index (χ1) is 11.1. The standard InChI is InChI=1S/C16H18N4O3/c1-11(20-9-5-8-18-20)16(22)19-10-14(15(21)17-2)23-13-7-4-3-6-12(13)19/h3-9,11,14H,10H2,1-2H3,(H,17,21)/t11-,14+/m0/s1. The van der Waals surface area contributed by atoms with Crippen molar-refractivity contribution in [3.05, 3.63) is 42.7 Å². The number of nitrogens with one attached hydrogen (secondary N) is 1. The molecule has 0 bridgehead atoms. The Morgan fingerprint density at radius 1 is 1.35 bits per heavy atom. The number of ether oxygens (including phenoxy) is 1. The molecule has 1 N–H and O–H groups in total. The monoisotopic (exact) mass is 314 g/mol. The van der Waals surface area contributed by atoms with Gasteiger partial charge in [-0.3, -0.25) is 14.3 Å². The lowest BCUT2D eigenvalue weighted by Crippen LogP contribution is -2.51. The third-order valence-corrected chi connectivity index (χ3v) is 3.86. The molecule has 0 spiro atoms. The minimum atomic E-state index is -0.733. The number of carbonyl (C=O) groups excluding carboxylic acids is 2. The average Bonchev–Trinajstić information content (AvgIpc) is 3.13. The fourth-order valence-corrected chi connectivity index (χ4v) is 2.59. The molecule has 0 radical (unpaired) electrons. The molecule has 2 atom stereocenters. The molecule has 1 aliphatic heterocycles. The number of fused-ring (bicyclic) bond motifs is 1. The molecule has 7 heteroatoms. The van der Waals surface area contributed by atoms with Gasteiger partial charge in [-0.1, -0.05) is 12.1 Å². The first-order valence-corrected chi connectivity index (χ1v) is 7.39. The lowest BCUT2D eigenvalue weighted by Gasteiger charge is -2.35. The summed E-state index contributed by atoms with van der Waals surface area (Å²) in [4.78, 5) is 26.4. The van der Waals surface area contributed by atoms with E-state index in [-0.39, 0.29) is 18.4 Å². The van der Waals surface area contributed by atoms with Crippen molar-refractivity contribution in [2.75, 3.05) is 18.5 Å². The molecule has 1 aliphatic rings. The molecular weight excluding hydrogens is 296 g/mol. The predicted octanol–water partition coefficient (Wildman–Crippen LogP) is 0.984. The van der Waals surface area contributed by atoms with E-state index >= 15 is 0 Å². The van der Waals surface area contributed by atoms with Crippen molar-refractivity contribution < 1.29 is 14.3 Å². The summed E-state index contributed by atoms with van der Waals surface area (Å²) in [5.74, 6) is 0.121. The Bertz CT molecular complexity index is 714. The largest absolute Gasteiger partial charge is 0.477 e. The number of benzene rings is 1. The Morgan fingerprint density at radius 2 is 2.13 bits per heavy atom. The molecule has 1 aromatic carbocycles. The predicted molar refractivity (Wildman–Crippen MR) is 84.2 cm³/mol. The molecule has 2 heterocycles. The highest BCUT2D eigenvalue weighted by molar-refractivity contribution is 5.99. The number of para-hydroxylation sites is 2. The third kappa shape index (κ3) is 2.77. The van der Waals surface area contributed by atoms with Gasteiger partial charge in [0.25, 0.3) is 11.8 Å². The van der Waals surface area contributed by atoms with E-state index in [4.69, 9.17) is 4.74 Å². The SMILES string of the molecule is CNC(=O)[C@H]1CN(C(=O)[C@H](C)n2cccn2)c2ccccc2O1. The van der Waals surface area contributed by atoms with Gasteiger partial charge in [-0.25, -0.2) is 0 Å². The zero-order valence-corrected chi connectivity index (χ0v) is 13.0. The lowest BCUT2D eigenvalue weighted by molar-refractivity contribution is -0.128. The fraction of sp³-hybridized carbons (Fsp3) is 0.312. The van der Waals surface area contributed by atoms with Crippen LogP contribution in [0, 0.1) is 0 Å². The van der Waals surface area contributed by atoms with Crippen LogP contribution in [0.4, 0.5) is 5.69 Å². The van der Waals surface area contributed by atoms with Crippen LogP contribution >= 0.6 is 0 Å². The van der Waals surface area contributed by atoms with E-state index in [9.17, 15) is 9.59 Å². The minimum absolute atomic E-state index is 0.140. The first-order valence-electron chi connectivity index (χ1n) is 7.39. The molecule has 0 unspecified atom stereocenters. The van der Waals surface area contributed by atoms with Crippen LogP contribution in [0.2, 0.25) is 0 Å². The summed E-state index contributed by atoms with van der Waals surface area (Å²) in [5.41, 5.74) is 0.664. The molecule has 0 fully saturated rings. The number of hydrogen-bond acceptors (Lipinski definition) is 4. The van der Waals surface area contributed by atoms with E-state index < -0.39 is 12.1 Å². The maximum Gasteiger partial charge on any atom is 0.262 e. The molecule has 0 aliphatic carbocycles. The molecular formula is C16H18N4O3. The fourth-order valence-electron chi connectivity index (χ4n) is 2.59. The number of amides is 2. The summed E-state index contributed by atoms with van der Waals surface area (Å²) in [6.45, 7) is 1.95. The highest BCUT2D eigenvalue weighted by Crippen LogP contribution is 2.34. The van der Waals surface area contributed by atoms with Gasteiger partial charge >= 0.3 is 0 Å². The number of nitrogens with zero attached hydrogens (tertiary/aromatic N) is 3. The molecule has 7 nitrogen and oxygen atoms in total. The summed E-state index contributed by atoms with van der Waals surface area (Å²) < 4.78 is 7.30. The van der Waals surface area contributed by atoms with E-state index in [2.05, 4.69) is 10.4 Å². The Labute approximate surface area is 133 Å². The van der Waals surface area contributed by atoms with Crippen LogP contribution in [0.5, 0.6) is 5.75 Å². The Kier molecular flexibility index (Phi) is 4.01. The van der Waals surface area contributed by atoms with Gasteiger partial charge in [0.2, 0.25) is 0 Å². The molecule has 2 amide bonds. The Morgan fingerprint density at radius 3 is 2.83 bits per heavy atom. The second kappa shape index (κ2) is 6.12. The maximum atomic E-state index is 12.9. The molecule has 0 saturated heterocycles. The van der Waals surface area contributed by atoms with Gasteiger partial charge in [0, 0.05) is 19.4 Å². The van der Waals surface area contributed by atoms with Gasteiger partial charge in [0.05, 0.1) is 12.2 Å². The highest BCUT2D eigenvalue weighted by Gasteiger charge is 2.35.